The topological polar surface area (TPSA) is 20.2 Å². The van der Waals surface area contributed by atoms with Gasteiger partial charge in [-0.15, -0.1) is 0 Å². The molecule has 0 amide bonds. The van der Waals surface area contributed by atoms with Crippen LogP contribution in [0, 0.1) is 23.7 Å². The molecule has 0 aromatic carbocycles. The Labute approximate surface area is 123 Å². The Kier molecular flexibility index (Phi) is 14.5. The first-order valence-electron chi connectivity index (χ1n) is 8.51. The summed E-state index contributed by atoms with van der Waals surface area (Å²) in [4.78, 5) is 0. The van der Waals surface area contributed by atoms with E-state index in [1.54, 1.807) is 0 Å². The maximum Gasteiger partial charge on any atom is 0.0568 e. The van der Waals surface area contributed by atoms with Crippen molar-refractivity contribution in [1.82, 2.24) is 0 Å². The Bertz CT molecular complexity index is 172. The maximum atomic E-state index is 9.71. The number of aliphatic hydroxyl groups excluding tert-OH is 1. The summed E-state index contributed by atoms with van der Waals surface area (Å²) >= 11 is 0. The maximum absolute atomic E-state index is 9.71. The largest absolute Gasteiger partial charge is 0.393 e. The van der Waals surface area contributed by atoms with Crippen LogP contribution in [0.2, 0.25) is 0 Å². The third kappa shape index (κ3) is 14.2. The summed E-state index contributed by atoms with van der Waals surface area (Å²) in [6.07, 6.45) is 6.24. The normalized spacial score (nSPS) is 26.4. The van der Waals surface area contributed by atoms with E-state index in [1.807, 2.05) is 13.8 Å². The highest BCUT2D eigenvalue weighted by Crippen LogP contribution is 2.32. The molecular formula is C18H40O. The zero-order valence-corrected chi connectivity index (χ0v) is 14.9. The van der Waals surface area contributed by atoms with Gasteiger partial charge in [-0.05, 0) is 36.5 Å². The van der Waals surface area contributed by atoms with E-state index >= 15 is 0 Å². The Balaban J connectivity index is 0. The highest BCUT2D eigenvalue weighted by molar-refractivity contribution is 4.77. The lowest BCUT2D eigenvalue weighted by Crippen LogP contribution is -2.27. The third-order valence-corrected chi connectivity index (χ3v) is 3.41. The molecule has 1 aliphatic carbocycles. The van der Waals surface area contributed by atoms with Gasteiger partial charge in [0, 0.05) is 0 Å². The van der Waals surface area contributed by atoms with Crippen LogP contribution in [0.5, 0.6) is 0 Å². The number of hydrogen-bond acceptors (Lipinski definition) is 1. The molecule has 1 rings (SSSR count). The molecule has 0 heterocycles. The molecule has 0 radical (unpaired) electrons. The van der Waals surface area contributed by atoms with Crippen LogP contribution in [-0.2, 0) is 0 Å². The van der Waals surface area contributed by atoms with Crippen molar-refractivity contribution in [3.63, 3.8) is 0 Å². The van der Waals surface area contributed by atoms with Crippen LogP contribution >= 0.6 is 0 Å². The Morgan fingerprint density at radius 1 is 1.00 bits per heavy atom. The summed E-state index contributed by atoms with van der Waals surface area (Å²) in [7, 11) is 0. The molecule has 1 saturated carbocycles. The van der Waals surface area contributed by atoms with Crippen molar-refractivity contribution in [2.45, 2.75) is 93.6 Å². The minimum Gasteiger partial charge on any atom is -0.393 e. The van der Waals surface area contributed by atoms with Crippen LogP contribution < -0.4 is 0 Å². The predicted molar refractivity (Wildman–Crippen MR) is 88.4 cm³/mol. The molecule has 0 aromatic heterocycles. The second-order valence-electron chi connectivity index (χ2n) is 6.93. The smallest absolute Gasteiger partial charge is 0.0568 e. The molecule has 1 nitrogen and oxygen atoms in total. The van der Waals surface area contributed by atoms with Gasteiger partial charge in [-0.25, -0.2) is 0 Å². The van der Waals surface area contributed by atoms with E-state index in [4.69, 9.17) is 0 Å². The van der Waals surface area contributed by atoms with Gasteiger partial charge in [0.25, 0.3) is 0 Å². The Morgan fingerprint density at radius 3 is 1.84 bits per heavy atom. The summed E-state index contributed by atoms with van der Waals surface area (Å²) in [6.45, 7) is 17.2. The Hall–Kier alpha value is -0.0400. The van der Waals surface area contributed by atoms with E-state index in [1.165, 1.54) is 25.7 Å². The molecule has 0 aliphatic heterocycles. The summed E-state index contributed by atoms with van der Waals surface area (Å²) < 4.78 is 0. The van der Waals surface area contributed by atoms with Gasteiger partial charge in [0.15, 0.2) is 0 Å². The van der Waals surface area contributed by atoms with Crippen LogP contribution in [0.1, 0.15) is 87.5 Å². The molecule has 0 bridgehead atoms. The molecule has 3 unspecified atom stereocenters. The van der Waals surface area contributed by atoms with Crippen molar-refractivity contribution >= 4 is 0 Å². The molecule has 0 aromatic rings. The van der Waals surface area contributed by atoms with Gasteiger partial charge in [-0.1, -0.05) is 74.7 Å². The molecule has 3 atom stereocenters. The van der Waals surface area contributed by atoms with Gasteiger partial charge in [-0.2, -0.15) is 0 Å². The summed E-state index contributed by atoms with van der Waals surface area (Å²) in [5, 5.41) is 9.71. The van der Waals surface area contributed by atoms with E-state index in [0.717, 1.165) is 24.2 Å². The van der Waals surface area contributed by atoms with Crippen molar-refractivity contribution in [2.24, 2.45) is 23.7 Å². The highest BCUT2D eigenvalue weighted by Gasteiger charge is 2.25. The summed E-state index contributed by atoms with van der Waals surface area (Å²) in [5.74, 6) is 2.99. The van der Waals surface area contributed by atoms with Crippen molar-refractivity contribution in [3.8, 4) is 0 Å². The van der Waals surface area contributed by atoms with Crippen molar-refractivity contribution in [1.29, 1.82) is 0 Å². The first-order valence-corrected chi connectivity index (χ1v) is 8.51. The third-order valence-electron chi connectivity index (χ3n) is 3.41. The lowest BCUT2D eigenvalue weighted by molar-refractivity contribution is 0.0498. The molecule has 0 saturated heterocycles. The van der Waals surface area contributed by atoms with Crippen LogP contribution in [-0.4, -0.2) is 11.2 Å². The van der Waals surface area contributed by atoms with Gasteiger partial charge in [-0.3, -0.25) is 0 Å². The van der Waals surface area contributed by atoms with Crippen molar-refractivity contribution < 1.29 is 5.11 Å². The zero-order valence-electron chi connectivity index (χ0n) is 14.9. The van der Waals surface area contributed by atoms with Gasteiger partial charge in [0.1, 0.15) is 0 Å². The second kappa shape index (κ2) is 13.0. The Morgan fingerprint density at radius 2 is 1.47 bits per heavy atom. The molecule has 1 aliphatic rings. The van der Waals surface area contributed by atoms with Crippen LogP contribution in [0.4, 0.5) is 0 Å². The minimum absolute atomic E-state index is 0.0223. The average Bonchev–Trinajstić information content (AvgIpc) is 2.32. The molecule has 0 spiro atoms. The number of rotatable bonds is 3. The quantitative estimate of drug-likeness (QED) is 0.677. The zero-order chi connectivity index (χ0) is 15.4. The fourth-order valence-corrected chi connectivity index (χ4v) is 2.21. The standard InChI is InChI=1S/C12H24O.C4H10.C2H6/c1-9(2)4-6-11-7-5-10(3)12(13)8-11;1-4(2)3;1-2/h9-13H,4-8H2,1-3H3;4H,1-3H3;1-2H3. The average molecular weight is 273 g/mol. The minimum atomic E-state index is -0.0223. The second-order valence-corrected chi connectivity index (χ2v) is 6.93. The first kappa shape index (κ1) is 21.3. The molecule has 1 heteroatoms. The lowest BCUT2D eigenvalue weighted by Gasteiger charge is -2.31. The van der Waals surface area contributed by atoms with Gasteiger partial charge in [0.2, 0.25) is 0 Å². The molecule has 1 fully saturated rings. The fraction of sp³-hybridized carbons (Fsp3) is 1.00. The van der Waals surface area contributed by atoms with E-state index < -0.39 is 0 Å². The highest BCUT2D eigenvalue weighted by atomic mass is 16.3. The summed E-state index contributed by atoms with van der Waals surface area (Å²) in [6, 6.07) is 0. The van der Waals surface area contributed by atoms with E-state index in [9.17, 15) is 5.11 Å². The number of aliphatic hydroxyl groups is 1. The molecule has 118 valence electrons. The van der Waals surface area contributed by atoms with Gasteiger partial charge in [0.05, 0.1) is 6.10 Å². The van der Waals surface area contributed by atoms with Crippen LogP contribution in [0.3, 0.4) is 0 Å². The SMILES string of the molecule is CC.CC(C)C.CC(C)CCC1CCC(C)C(O)C1. The van der Waals surface area contributed by atoms with Gasteiger partial charge < -0.3 is 5.11 Å². The lowest BCUT2D eigenvalue weighted by atomic mass is 9.78. The monoisotopic (exact) mass is 272 g/mol. The van der Waals surface area contributed by atoms with E-state index in [-0.39, 0.29) is 6.10 Å². The summed E-state index contributed by atoms with van der Waals surface area (Å²) in [5.41, 5.74) is 0. The van der Waals surface area contributed by atoms with Crippen molar-refractivity contribution in [3.05, 3.63) is 0 Å². The molecular weight excluding hydrogens is 232 g/mol. The first-order chi connectivity index (χ1) is 8.82. The van der Waals surface area contributed by atoms with E-state index in [0.29, 0.717) is 5.92 Å². The van der Waals surface area contributed by atoms with Gasteiger partial charge >= 0.3 is 0 Å². The number of hydrogen-bond donors (Lipinski definition) is 1. The van der Waals surface area contributed by atoms with E-state index in [2.05, 4.69) is 41.5 Å². The molecule has 1 N–H and O–H groups in total. The predicted octanol–water partition coefficient (Wildman–Crippen LogP) is 5.91. The van der Waals surface area contributed by atoms with Crippen molar-refractivity contribution in [2.75, 3.05) is 0 Å². The molecule has 19 heavy (non-hydrogen) atoms. The van der Waals surface area contributed by atoms with Crippen LogP contribution in [0.25, 0.3) is 0 Å². The van der Waals surface area contributed by atoms with Crippen LogP contribution in [0.15, 0.2) is 0 Å². The fourth-order valence-electron chi connectivity index (χ4n) is 2.21.